The van der Waals surface area contributed by atoms with Crippen molar-refractivity contribution >= 4 is 0 Å². The van der Waals surface area contributed by atoms with Crippen LogP contribution in [0.4, 0.5) is 0 Å². The molecule has 11 nitrogen and oxygen atoms in total. The molecular formula is C13H24O11. The first-order chi connectivity index (χ1) is 11.3. The molecule has 0 spiro atoms. The van der Waals surface area contributed by atoms with Gasteiger partial charge in [-0.15, -0.1) is 0 Å². The highest BCUT2D eigenvalue weighted by Crippen LogP contribution is 2.29. The molecule has 10 atom stereocenters. The Labute approximate surface area is 137 Å². The summed E-state index contributed by atoms with van der Waals surface area (Å²) in [5.74, 6) is 0. The molecule has 0 aliphatic carbocycles. The molecular weight excluding hydrogens is 332 g/mol. The van der Waals surface area contributed by atoms with Crippen LogP contribution in [0.15, 0.2) is 0 Å². The number of hydrogen-bond donors (Lipinski definition) is 7. The molecule has 2 aliphatic heterocycles. The van der Waals surface area contributed by atoms with Crippen molar-refractivity contribution in [3.8, 4) is 0 Å². The molecule has 0 amide bonds. The predicted octanol–water partition coefficient (Wildman–Crippen LogP) is -4.74. The van der Waals surface area contributed by atoms with Crippen molar-refractivity contribution in [2.45, 2.75) is 61.4 Å². The lowest BCUT2D eigenvalue weighted by atomic mass is 9.97. The van der Waals surface area contributed by atoms with Gasteiger partial charge in [-0.3, -0.25) is 0 Å². The lowest BCUT2D eigenvalue weighted by molar-refractivity contribution is -0.357. The fourth-order valence-electron chi connectivity index (χ4n) is 2.75. The molecule has 2 fully saturated rings. The van der Waals surface area contributed by atoms with E-state index in [4.69, 9.17) is 24.1 Å². The van der Waals surface area contributed by atoms with E-state index in [1.165, 1.54) is 7.11 Å². The zero-order valence-electron chi connectivity index (χ0n) is 13.0. The van der Waals surface area contributed by atoms with Crippen LogP contribution in [0.3, 0.4) is 0 Å². The lowest BCUT2D eigenvalue weighted by Gasteiger charge is -2.45. The third kappa shape index (κ3) is 3.71. The Bertz CT molecular complexity index is 392. The van der Waals surface area contributed by atoms with Gasteiger partial charge in [0.15, 0.2) is 12.6 Å². The Morgan fingerprint density at radius 3 is 1.79 bits per heavy atom. The Kier molecular flexibility index (Phi) is 6.87. The number of aliphatic hydroxyl groups excluding tert-OH is 7. The minimum absolute atomic E-state index is 0.592. The summed E-state index contributed by atoms with van der Waals surface area (Å²) in [6.45, 7) is -1.24. The molecule has 2 aliphatic rings. The van der Waals surface area contributed by atoms with Crippen molar-refractivity contribution in [2.24, 2.45) is 0 Å². The van der Waals surface area contributed by atoms with Crippen molar-refractivity contribution in [3.05, 3.63) is 0 Å². The smallest absolute Gasteiger partial charge is 0.187 e. The fourth-order valence-corrected chi connectivity index (χ4v) is 2.75. The van der Waals surface area contributed by atoms with Gasteiger partial charge in [0.05, 0.1) is 13.2 Å². The van der Waals surface area contributed by atoms with Crippen LogP contribution in [-0.2, 0) is 18.9 Å². The number of rotatable bonds is 5. The molecule has 0 radical (unpaired) electrons. The molecule has 2 rings (SSSR count). The second-order valence-corrected chi connectivity index (χ2v) is 5.74. The molecule has 0 aromatic heterocycles. The quantitative estimate of drug-likeness (QED) is 0.251. The summed E-state index contributed by atoms with van der Waals surface area (Å²) in [4.78, 5) is 0. The van der Waals surface area contributed by atoms with E-state index < -0.39 is 74.6 Å². The fraction of sp³-hybridized carbons (Fsp3) is 1.00. The summed E-state index contributed by atoms with van der Waals surface area (Å²) in [5, 5.41) is 68.0. The van der Waals surface area contributed by atoms with Crippen molar-refractivity contribution < 1.29 is 54.7 Å². The molecule has 6 unspecified atom stereocenters. The second kappa shape index (κ2) is 8.29. The van der Waals surface area contributed by atoms with Gasteiger partial charge < -0.3 is 54.7 Å². The van der Waals surface area contributed by atoms with Crippen LogP contribution in [0.25, 0.3) is 0 Å². The highest BCUT2D eigenvalue weighted by Gasteiger charge is 2.50. The summed E-state index contributed by atoms with van der Waals surface area (Å²) in [7, 11) is 1.24. The first kappa shape index (κ1) is 19.9. The Hall–Kier alpha value is -0.440. The zero-order valence-corrected chi connectivity index (χ0v) is 13.0. The molecule has 0 saturated carbocycles. The summed E-state index contributed by atoms with van der Waals surface area (Å²) < 4.78 is 20.6. The first-order valence-electron chi connectivity index (χ1n) is 7.46. The second-order valence-electron chi connectivity index (χ2n) is 5.74. The van der Waals surface area contributed by atoms with Gasteiger partial charge in [-0.2, -0.15) is 0 Å². The maximum absolute atomic E-state index is 10.2. The maximum Gasteiger partial charge on any atom is 0.187 e. The van der Waals surface area contributed by atoms with Gasteiger partial charge in [0.1, 0.15) is 48.8 Å². The molecule has 11 heteroatoms. The minimum Gasteiger partial charge on any atom is -0.394 e. The molecule has 0 aromatic carbocycles. The molecule has 142 valence electrons. The molecule has 2 heterocycles. The van der Waals surface area contributed by atoms with Crippen molar-refractivity contribution in [2.75, 3.05) is 20.3 Å². The average molecular weight is 356 g/mol. The molecule has 0 bridgehead atoms. The van der Waals surface area contributed by atoms with Gasteiger partial charge in [-0.25, -0.2) is 0 Å². The van der Waals surface area contributed by atoms with Crippen LogP contribution in [0, 0.1) is 0 Å². The van der Waals surface area contributed by atoms with Crippen LogP contribution in [0.1, 0.15) is 0 Å². The van der Waals surface area contributed by atoms with Crippen molar-refractivity contribution in [3.63, 3.8) is 0 Å². The summed E-state index contributed by atoms with van der Waals surface area (Å²) in [6.07, 6.45) is -14.3. The Morgan fingerprint density at radius 1 is 0.708 bits per heavy atom. The molecule has 2 saturated heterocycles. The Morgan fingerprint density at radius 2 is 1.25 bits per heavy atom. The summed E-state index contributed by atoms with van der Waals surface area (Å²) >= 11 is 0. The summed E-state index contributed by atoms with van der Waals surface area (Å²) in [6, 6.07) is 0. The van der Waals surface area contributed by atoms with Gasteiger partial charge in [0.25, 0.3) is 0 Å². The average Bonchev–Trinajstić information content (AvgIpc) is 2.59. The molecule has 24 heavy (non-hydrogen) atoms. The molecule has 7 N–H and O–H groups in total. The third-order valence-electron chi connectivity index (χ3n) is 4.19. The number of hydrogen-bond acceptors (Lipinski definition) is 11. The van der Waals surface area contributed by atoms with Crippen LogP contribution in [-0.4, -0.2) is 117 Å². The van der Waals surface area contributed by atoms with E-state index in [2.05, 4.69) is 0 Å². The van der Waals surface area contributed by atoms with Crippen LogP contribution < -0.4 is 0 Å². The Balaban J connectivity index is 2.12. The summed E-state index contributed by atoms with van der Waals surface area (Å²) in [5.41, 5.74) is 0. The lowest BCUT2D eigenvalue weighted by Crippen LogP contribution is -2.64. The first-order valence-corrected chi connectivity index (χ1v) is 7.46. The van der Waals surface area contributed by atoms with Gasteiger partial charge in [-0.05, 0) is 0 Å². The van der Waals surface area contributed by atoms with E-state index in [0.29, 0.717) is 0 Å². The maximum atomic E-state index is 10.2. The van der Waals surface area contributed by atoms with Crippen LogP contribution >= 0.6 is 0 Å². The number of ether oxygens (including phenoxy) is 4. The van der Waals surface area contributed by atoms with E-state index in [0.717, 1.165) is 0 Å². The standard InChI is InChI=1S/C13H24O11/c1-21-12-10(20)8(18)11(5(3-15)23-12)24-13-9(19)7(17)6(16)4(2-14)22-13/h4-20H,2-3H2,1H3/t4?,5?,6-,7?,8?,9?,10?,11-,12+,13-/m1/s1. The highest BCUT2D eigenvalue weighted by atomic mass is 16.7. The molecule has 0 aromatic rings. The van der Waals surface area contributed by atoms with E-state index >= 15 is 0 Å². The van der Waals surface area contributed by atoms with Gasteiger partial charge in [-0.1, -0.05) is 0 Å². The van der Waals surface area contributed by atoms with E-state index in [1.807, 2.05) is 0 Å². The SMILES string of the molecule is CO[C@H]1OC(CO)[C@@H](O[C@H]2OC(CO)[C@@H](O)C(O)C2O)C(O)C1O. The van der Waals surface area contributed by atoms with Gasteiger partial charge in [0.2, 0.25) is 0 Å². The predicted molar refractivity (Wildman–Crippen MR) is 73.4 cm³/mol. The van der Waals surface area contributed by atoms with Gasteiger partial charge in [0, 0.05) is 7.11 Å². The topological polar surface area (TPSA) is 179 Å². The van der Waals surface area contributed by atoms with Gasteiger partial charge >= 0.3 is 0 Å². The van der Waals surface area contributed by atoms with Crippen molar-refractivity contribution in [1.82, 2.24) is 0 Å². The monoisotopic (exact) mass is 356 g/mol. The van der Waals surface area contributed by atoms with Crippen LogP contribution in [0.5, 0.6) is 0 Å². The van der Waals surface area contributed by atoms with E-state index in [9.17, 15) is 30.6 Å². The normalized spacial score (nSPS) is 50.0. The highest BCUT2D eigenvalue weighted by molar-refractivity contribution is 4.93. The zero-order chi connectivity index (χ0) is 18.0. The number of methoxy groups -OCH3 is 1. The third-order valence-corrected chi connectivity index (χ3v) is 4.19. The number of aliphatic hydroxyl groups is 7. The largest absolute Gasteiger partial charge is 0.394 e. The van der Waals surface area contributed by atoms with E-state index in [-0.39, 0.29) is 0 Å². The van der Waals surface area contributed by atoms with Crippen molar-refractivity contribution in [1.29, 1.82) is 0 Å². The van der Waals surface area contributed by atoms with Crippen LogP contribution in [0.2, 0.25) is 0 Å². The minimum atomic E-state index is -1.69. The van der Waals surface area contributed by atoms with E-state index in [1.54, 1.807) is 0 Å².